The molecule has 1 fully saturated rings. The van der Waals surface area contributed by atoms with Crippen molar-refractivity contribution in [2.75, 3.05) is 31.1 Å². The first-order valence-corrected chi connectivity index (χ1v) is 7.15. The zero-order valence-corrected chi connectivity index (χ0v) is 11.7. The Morgan fingerprint density at radius 2 is 2.30 bits per heavy atom. The highest BCUT2D eigenvalue weighted by Gasteiger charge is 2.22. The van der Waals surface area contributed by atoms with Gasteiger partial charge in [-0.1, -0.05) is 12.1 Å². The summed E-state index contributed by atoms with van der Waals surface area (Å²) in [5.74, 6) is 2.17. The topological polar surface area (TPSA) is 82.9 Å². The summed E-state index contributed by atoms with van der Waals surface area (Å²) in [6.07, 6.45) is 3.89. The molecule has 20 heavy (non-hydrogen) atoms. The minimum Gasteiger partial charge on any atom is -0.364 e. The first-order chi connectivity index (χ1) is 9.86. The van der Waals surface area contributed by atoms with Crippen molar-refractivity contribution in [3.05, 3.63) is 12.3 Å². The van der Waals surface area contributed by atoms with Gasteiger partial charge in [-0.15, -0.1) is 5.10 Å². The van der Waals surface area contributed by atoms with Crippen LogP contribution in [-0.4, -0.2) is 46.5 Å². The van der Waals surface area contributed by atoms with Gasteiger partial charge in [-0.25, -0.2) is 0 Å². The number of rotatable bonds is 5. The van der Waals surface area contributed by atoms with Crippen LogP contribution in [0.5, 0.6) is 0 Å². The molecule has 0 amide bonds. The van der Waals surface area contributed by atoms with Crippen molar-refractivity contribution in [2.24, 2.45) is 5.92 Å². The van der Waals surface area contributed by atoms with Crippen molar-refractivity contribution in [2.45, 2.75) is 19.8 Å². The molecule has 2 aromatic heterocycles. The van der Waals surface area contributed by atoms with Gasteiger partial charge in [-0.05, 0) is 31.8 Å². The van der Waals surface area contributed by atoms with E-state index in [1.165, 1.54) is 19.1 Å². The molecule has 0 atom stereocenters. The maximum absolute atomic E-state index is 4.82. The van der Waals surface area contributed by atoms with Crippen LogP contribution in [0.3, 0.4) is 0 Å². The molecule has 0 aliphatic carbocycles. The van der Waals surface area contributed by atoms with Crippen molar-refractivity contribution in [3.8, 4) is 11.5 Å². The molecule has 7 heteroatoms. The molecule has 1 saturated heterocycles. The lowest BCUT2D eigenvalue weighted by atomic mass is 9.97. The van der Waals surface area contributed by atoms with E-state index in [1.807, 2.05) is 0 Å². The van der Waals surface area contributed by atoms with Gasteiger partial charge in [0.25, 0.3) is 0 Å². The number of piperidine rings is 1. The predicted octanol–water partition coefficient (Wildman–Crippen LogP) is 1.29. The average molecular weight is 276 g/mol. The Kier molecular flexibility index (Phi) is 3.96. The molecule has 1 aliphatic heterocycles. The van der Waals surface area contributed by atoms with Crippen LogP contribution in [-0.2, 0) is 0 Å². The van der Waals surface area contributed by atoms with Crippen LogP contribution in [0, 0.1) is 5.92 Å². The van der Waals surface area contributed by atoms with E-state index in [9.17, 15) is 0 Å². The molecule has 0 aromatic carbocycles. The van der Waals surface area contributed by atoms with E-state index < -0.39 is 0 Å². The highest BCUT2D eigenvalue weighted by Crippen LogP contribution is 2.21. The average Bonchev–Trinajstić information content (AvgIpc) is 3.16. The fourth-order valence-corrected chi connectivity index (χ4v) is 2.53. The van der Waals surface area contributed by atoms with E-state index in [-0.39, 0.29) is 0 Å². The molecule has 0 spiro atoms. The first-order valence-electron chi connectivity index (χ1n) is 7.15. The van der Waals surface area contributed by atoms with Crippen molar-refractivity contribution in [3.63, 3.8) is 0 Å². The highest BCUT2D eigenvalue weighted by atomic mass is 16.5. The van der Waals surface area contributed by atoms with Crippen molar-refractivity contribution in [1.82, 2.24) is 25.7 Å². The number of aromatic amines is 1. The lowest BCUT2D eigenvalue weighted by molar-refractivity contribution is 0.384. The summed E-state index contributed by atoms with van der Waals surface area (Å²) in [4.78, 5) is 6.71. The predicted molar refractivity (Wildman–Crippen MR) is 75.4 cm³/mol. The van der Waals surface area contributed by atoms with Crippen LogP contribution in [0.2, 0.25) is 0 Å². The zero-order valence-electron chi connectivity index (χ0n) is 11.7. The fraction of sp³-hybridized carbons (Fsp3) is 0.615. The summed E-state index contributed by atoms with van der Waals surface area (Å²) in [6.45, 7) is 6.32. The standard InChI is InChI=1S/C13H20N6O/c1-2-14-9-10-3-6-19(7-4-10)13-15-12(16-17-13)11-5-8-20-18-11/h5,8,10,14H,2-4,6-7,9H2,1H3,(H,15,16,17). The van der Waals surface area contributed by atoms with E-state index in [4.69, 9.17) is 4.52 Å². The molecular formula is C13H20N6O. The number of hydrogen-bond donors (Lipinski definition) is 2. The van der Waals surface area contributed by atoms with Gasteiger partial charge in [0.1, 0.15) is 6.26 Å². The van der Waals surface area contributed by atoms with E-state index >= 15 is 0 Å². The lowest BCUT2D eigenvalue weighted by Crippen LogP contribution is -2.37. The molecule has 3 rings (SSSR count). The Morgan fingerprint density at radius 1 is 1.45 bits per heavy atom. The summed E-state index contributed by atoms with van der Waals surface area (Å²) < 4.78 is 4.82. The Morgan fingerprint density at radius 3 is 3.00 bits per heavy atom. The van der Waals surface area contributed by atoms with Crippen LogP contribution >= 0.6 is 0 Å². The SMILES string of the molecule is CCNCC1CCN(c2n[nH]c(-c3ccon3)n2)CC1. The molecule has 0 unspecified atom stereocenters. The summed E-state index contributed by atoms with van der Waals surface area (Å²) in [5.41, 5.74) is 0.686. The van der Waals surface area contributed by atoms with Crippen molar-refractivity contribution >= 4 is 5.95 Å². The molecule has 2 N–H and O–H groups in total. The monoisotopic (exact) mass is 276 g/mol. The minimum atomic E-state index is 0.656. The van der Waals surface area contributed by atoms with Gasteiger partial charge < -0.3 is 14.7 Å². The maximum atomic E-state index is 4.82. The summed E-state index contributed by atoms with van der Waals surface area (Å²) in [6, 6.07) is 1.77. The molecule has 0 saturated carbocycles. The molecule has 7 nitrogen and oxygen atoms in total. The second-order valence-corrected chi connectivity index (χ2v) is 5.11. The fourth-order valence-electron chi connectivity index (χ4n) is 2.53. The van der Waals surface area contributed by atoms with Crippen molar-refractivity contribution < 1.29 is 4.52 Å². The number of aromatic nitrogens is 4. The van der Waals surface area contributed by atoms with E-state index in [1.54, 1.807) is 6.07 Å². The van der Waals surface area contributed by atoms with Crippen LogP contribution in [0.4, 0.5) is 5.95 Å². The van der Waals surface area contributed by atoms with E-state index in [0.717, 1.165) is 38.0 Å². The summed E-state index contributed by atoms with van der Waals surface area (Å²) >= 11 is 0. The van der Waals surface area contributed by atoms with Gasteiger partial charge in [0, 0.05) is 19.2 Å². The van der Waals surface area contributed by atoms with Gasteiger partial charge in [0.15, 0.2) is 11.5 Å². The number of H-pyrrole nitrogens is 1. The molecule has 0 bridgehead atoms. The highest BCUT2D eigenvalue weighted by molar-refractivity contribution is 5.49. The lowest BCUT2D eigenvalue weighted by Gasteiger charge is -2.31. The third-order valence-electron chi connectivity index (χ3n) is 3.73. The van der Waals surface area contributed by atoms with Gasteiger partial charge in [0.2, 0.25) is 5.95 Å². The van der Waals surface area contributed by atoms with Gasteiger partial charge in [0.05, 0.1) is 0 Å². The van der Waals surface area contributed by atoms with Crippen LogP contribution in [0.15, 0.2) is 16.9 Å². The number of nitrogens with one attached hydrogen (secondary N) is 2. The zero-order chi connectivity index (χ0) is 13.8. The molecule has 3 heterocycles. The Balaban J connectivity index is 1.58. The van der Waals surface area contributed by atoms with Gasteiger partial charge in [-0.2, -0.15) is 4.98 Å². The van der Waals surface area contributed by atoms with Gasteiger partial charge >= 0.3 is 0 Å². The second-order valence-electron chi connectivity index (χ2n) is 5.11. The third kappa shape index (κ3) is 2.82. The number of nitrogens with zero attached hydrogens (tertiary/aromatic N) is 4. The molecule has 0 radical (unpaired) electrons. The van der Waals surface area contributed by atoms with Crippen LogP contribution in [0.1, 0.15) is 19.8 Å². The quantitative estimate of drug-likeness (QED) is 0.856. The third-order valence-corrected chi connectivity index (χ3v) is 3.73. The van der Waals surface area contributed by atoms with Crippen LogP contribution in [0.25, 0.3) is 11.5 Å². The molecule has 1 aliphatic rings. The number of anilines is 1. The maximum Gasteiger partial charge on any atom is 0.245 e. The van der Waals surface area contributed by atoms with Crippen LogP contribution < -0.4 is 10.2 Å². The second kappa shape index (κ2) is 6.04. The number of hydrogen-bond acceptors (Lipinski definition) is 6. The first kappa shape index (κ1) is 13.1. The minimum absolute atomic E-state index is 0.656. The Bertz CT molecular complexity index is 515. The smallest absolute Gasteiger partial charge is 0.245 e. The molecular weight excluding hydrogens is 256 g/mol. The summed E-state index contributed by atoms with van der Waals surface area (Å²) in [7, 11) is 0. The van der Waals surface area contributed by atoms with Crippen molar-refractivity contribution in [1.29, 1.82) is 0 Å². The Labute approximate surface area is 117 Å². The normalized spacial score (nSPS) is 16.8. The van der Waals surface area contributed by atoms with E-state index in [0.29, 0.717) is 11.5 Å². The molecule has 2 aromatic rings. The van der Waals surface area contributed by atoms with E-state index in [2.05, 4.69) is 37.5 Å². The largest absolute Gasteiger partial charge is 0.364 e. The Hall–Kier alpha value is -1.89. The van der Waals surface area contributed by atoms with Gasteiger partial charge in [-0.3, -0.25) is 5.10 Å². The summed E-state index contributed by atoms with van der Waals surface area (Å²) in [5, 5.41) is 14.5. The molecule has 108 valence electrons.